The van der Waals surface area contributed by atoms with Gasteiger partial charge in [-0.25, -0.2) is 13.9 Å². The Balaban J connectivity index is 1.54. The minimum Gasteiger partial charge on any atom is -0.448 e. The summed E-state index contributed by atoms with van der Waals surface area (Å²) in [4.78, 5) is 27.6. The first-order valence-electron chi connectivity index (χ1n) is 9.77. The molecule has 2 N–H and O–H groups in total. The van der Waals surface area contributed by atoms with Crippen molar-refractivity contribution in [1.29, 1.82) is 0 Å². The normalized spacial score (nSPS) is 17.6. The van der Waals surface area contributed by atoms with Gasteiger partial charge >= 0.3 is 0 Å². The smallest absolute Gasteiger partial charge is 0.284 e. The number of sulfonamides is 1. The molecule has 4 rings (SSSR count). The van der Waals surface area contributed by atoms with Crippen LogP contribution in [-0.2, 0) is 23.0 Å². The maximum atomic E-state index is 13.1. The van der Waals surface area contributed by atoms with Crippen molar-refractivity contribution in [1.82, 2.24) is 14.7 Å². The van der Waals surface area contributed by atoms with Gasteiger partial charge in [-0.2, -0.15) is 4.31 Å². The number of furan rings is 1. The zero-order valence-corrected chi connectivity index (χ0v) is 18.1. The molecular formula is C19H23N3O6S2. The number of hydrogen-bond donors (Lipinski definition) is 2. The third-order valence-corrected chi connectivity index (χ3v) is 8.44. The van der Waals surface area contributed by atoms with Gasteiger partial charge in [0.25, 0.3) is 21.8 Å². The number of carbonyl (C=O) groups is 2. The third-order valence-electron chi connectivity index (χ3n) is 5.53. The molecule has 1 saturated heterocycles. The van der Waals surface area contributed by atoms with Crippen LogP contribution < -0.4 is 5.48 Å². The van der Waals surface area contributed by atoms with E-state index >= 15 is 0 Å². The number of aryl methyl sites for hydroxylation is 1. The van der Waals surface area contributed by atoms with Crippen LogP contribution in [0.15, 0.2) is 21.6 Å². The van der Waals surface area contributed by atoms with Crippen LogP contribution in [0.25, 0.3) is 0 Å². The minimum atomic E-state index is -3.76. The van der Waals surface area contributed by atoms with E-state index < -0.39 is 15.9 Å². The number of hydroxylamine groups is 1. The van der Waals surface area contributed by atoms with Gasteiger partial charge < -0.3 is 9.32 Å². The van der Waals surface area contributed by atoms with Crippen LogP contribution in [0.1, 0.15) is 55.5 Å². The quantitative estimate of drug-likeness (QED) is 0.541. The predicted molar refractivity (Wildman–Crippen MR) is 108 cm³/mol. The minimum absolute atomic E-state index is 0.194. The highest BCUT2D eigenvalue weighted by Gasteiger charge is 2.33. The molecule has 4 heterocycles. The van der Waals surface area contributed by atoms with Crippen LogP contribution in [-0.4, -0.2) is 54.3 Å². The van der Waals surface area contributed by atoms with E-state index in [0.29, 0.717) is 37.5 Å². The lowest BCUT2D eigenvalue weighted by Gasteiger charge is -2.26. The number of nitrogens with one attached hydrogen (secondary N) is 1. The fourth-order valence-electron chi connectivity index (χ4n) is 3.86. The maximum absolute atomic E-state index is 13.1. The van der Waals surface area contributed by atoms with Crippen LogP contribution in [0.2, 0.25) is 0 Å². The summed E-state index contributed by atoms with van der Waals surface area (Å²) in [5.74, 6) is -0.609. The molecule has 2 aliphatic rings. The number of fused-ring (bicyclic) bond motifs is 1. The molecular weight excluding hydrogens is 430 g/mol. The Morgan fingerprint density at radius 1 is 1.17 bits per heavy atom. The van der Waals surface area contributed by atoms with E-state index in [-0.39, 0.29) is 22.3 Å². The van der Waals surface area contributed by atoms with E-state index in [0.717, 1.165) is 29.7 Å². The summed E-state index contributed by atoms with van der Waals surface area (Å²) in [6.45, 7) is 3.27. The molecule has 0 saturated carbocycles. The lowest BCUT2D eigenvalue weighted by atomic mass is 10.1. The Morgan fingerprint density at radius 2 is 1.90 bits per heavy atom. The summed E-state index contributed by atoms with van der Waals surface area (Å²) in [5, 5.41) is 8.62. The molecule has 2 aromatic rings. The second-order valence-electron chi connectivity index (χ2n) is 7.48. The number of carbonyl (C=O) groups excluding carboxylic acids is 2. The van der Waals surface area contributed by atoms with E-state index in [1.165, 1.54) is 21.7 Å². The first-order valence-corrected chi connectivity index (χ1v) is 12.0. The van der Waals surface area contributed by atoms with Gasteiger partial charge in [-0.3, -0.25) is 14.8 Å². The molecule has 2 aromatic heterocycles. The Labute approximate surface area is 178 Å². The number of hydrogen-bond acceptors (Lipinski definition) is 7. The average Bonchev–Trinajstić information content (AvgIpc) is 3.36. The summed E-state index contributed by atoms with van der Waals surface area (Å²) in [6.07, 6.45) is 3.22. The largest absolute Gasteiger partial charge is 0.448 e. The summed E-state index contributed by atoms with van der Waals surface area (Å²) in [6, 6.07) is 3.05. The van der Waals surface area contributed by atoms with Crippen LogP contribution >= 0.6 is 11.3 Å². The van der Waals surface area contributed by atoms with Crippen molar-refractivity contribution in [2.75, 3.05) is 19.6 Å². The topological polar surface area (TPSA) is 120 Å². The van der Waals surface area contributed by atoms with Crippen LogP contribution in [0, 0.1) is 6.92 Å². The molecule has 1 fully saturated rings. The second-order valence-corrected chi connectivity index (χ2v) is 10.5. The summed E-state index contributed by atoms with van der Waals surface area (Å²) < 4.78 is 32.6. The van der Waals surface area contributed by atoms with Crippen LogP contribution in [0.5, 0.6) is 0 Å². The molecule has 0 atom stereocenters. The first kappa shape index (κ1) is 21.0. The second kappa shape index (κ2) is 8.14. The fourth-order valence-corrected chi connectivity index (χ4v) is 6.47. The van der Waals surface area contributed by atoms with E-state index in [2.05, 4.69) is 0 Å². The van der Waals surface area contributed by atoms with Gasteiger partial charge in [0.15, 0.2) is 0 Å². The van der Waals surface area contributed by atoms with Crippen LogP contribution in [0.3, 0.4) is 0 Å². The number of nitrogens with zero attached hydrogens (tertiary/aromatic N) is 2. The molecule has 11 heteroatoms. The fraction of sp³-hybridized carbons (Fsp3) is 0.474. The van der Waals surface area contributed by atoms with Gasteiger partial charge in [0.2, 0.25) is 5.09 Å². The Kier molecular flexibility index (Phi) is 5.71. The van der Waals surface area contributed by atoms with Gasteiger partial charge in [0.05, 0.1) is 17.0 Å². The summed E-state index contributed by atoms with van der Waals surface area (Å²) >= 11 is 1.22. The van der Waals surface area contributed by atoms with Crippen molar-refractivity contribution in [3.8, 4) is 0 Å². The number of amides is 2. The molecule has 9 nitrogen and oxygen atoms in total. The number of rotatable bonds is 4. The van der Waals surface area contributed by atoms with Crippen molar-refractivity contribution >= 4 is 33.2 Å². The van der Waals surface area contributed by atoms with Gasteiger partial charge in [0.1, 0.15) is 5.76 Å². The van der Waals surface area contributed by atoms with E-state index in [1.807, 2.05) is 0 Å². The third kappa shape index (κ3) is 3.78. The van der Waals surface area contributed by atoms with Crippen molar-refractivity contribution in [2.45, 2.75) is 44.2 Å². The van der Waals surface area contributed by atoms with E-state index in [9.17, 15) is 18.0 Å². The highest BCUT2D eigenvalue weighted by molar-refractivity contribution is 7.89. The monoisotopic (exact) mass is 453 g/mol. The molecule has 30 heavy (non-hydrogen) atoms. The zero-order valence-electron chi connectivity index (χ0n) is 16.5. The lowest BCUT2D eigenvalue weighted by molar-refractivity contribution is 0.0709. The molecule has 162 valence electrons. The van der Waals surface area contributed by atoms with Gasteiger partial charge in [0, 0.05) is 30.6 Å². The van der Waals surface area contributed by atoms with E-state index in [1.54, 1.807) is 23.4 Å². The molecule has 2 amide bonds. The number of thiophene rings is 1. The molecule has 0 spiro atoms. The molecule has 0 unspecified atom stereocenters. The highest BCUT2D eigenvalue weighted by Crippen LogP contribution is 2.31. The Hall–Kier alpha value is -2.21. The van der Waals surface area contributed by atoms with Gasteiger partial charge in [-0.15, -0.1) is 11.3 Å². The first-order chi connectivity index (χ1) is 14.3. The molecule has 0 bridgehead atoms. The predicted octanol–water partition coefficient (Wildman–Crippen LogP) is 2.14. The number of piperidine rings is 1. The SMILES string of the molecule is Cc1oc(S(=O)(=O)N2CCCCC2)cc1C(=O)N1CCc2cc(C(=O)NO)sc2C1. The van der Waals surface area contributed by atoms with Crippen molar-refractivity contribution in [3.05, 3.63) is 38.8 Å². The van der Waals surface area contributed by atoms with Crippen molar-refractivity contribution in [3.63, 3.8) is 0 Å². The zero-order chi connectivity index (χ0) is 21.5. The summed E-state index contributed by atoms with van der Waals surface area (Å²) in [5.41, 5.74) is 2.83. The summed E-state index contributed by atoms with van der Waals surface area (Å²) in [7, 11) is -3.76. The highest BCUT2D eigenvalue weighted by atomic mass is 32.2. The molecule has 0 aromatic carbocycles. The molecule has 0 radical (unpaired) electrons. The van der Waals surface area contributed by atoms with Crippen LogP contribution in [0.4, 0.5) is 0 Å². The van der Waals surface area contributed by atoms with Crippen molar-refractivity contribution < 1.29 is 27.6 Å². The van der Waals surface area contributed by atoms with Crippen molar-refractivity contribution in [2.24, 2.45) is 0 Å². The Bertz CT molecular complexity index is 1080. The Morgan fingerprint density at radius 3 is 2.60 bits per heavy atom. The standard InChI is InChI=1S/C19H23N3O6S2/c1-12-14(10-17(28-12)30(26,27)22-6-3-2-4-7-22)19(24)21-8-5-13-9-15(18(23)20-25)29-16(13)11-21/h9-10,25H,2-8,11H2,1H3,(H,20,23). The average molecular weight is 454 g/mol. The van der Waals surface area contributed by atoms with Gasteiger partial charge in [-0.05, 0) is 37.8 Å². The van der Waals surface area contributed by atoms with Gasteiger partial charge in [-0.1, -0.05) is 6.42 Å². The maximum Gasteiger partial charge on any atom is 0.284 e. The van der Waals surface area contributed by atoms with E-state index in [4.69, 9.17) is 9.62 Å². The lowest BCUT2D eigenvalue weighted by Crippen LogP contribution is -2.36. The molecule has 2 aliphatic heterocycles. The molecule has 0 aliphatic carbocycles.